The van der Waals surface area contributed by atoms with Gasteiger partial charge in [-0.1, -0.05) is 39.0 Å². The molecule has 4 unspecified atom stereocenters. The SMILES string of the molecule is CCC1C=C(C(=O)NCc2ccc(S(=O)C(C)CCN(CC)C(C)C)c(C)c2)C=NC1NC. The predicted octanol–water partition coefficient (Wildman–Crippen LogP) is 3.81. The number of nitrogens with one attached hydrogen (secondary N) is 2. The molecule has 0 fully saturated rings. The van der Waals surface area contributed by atoms with E-state index >= 15 is 0 Å². The molecule has 2 rings (SSSR count). The number of hydrogen-bond acceptors (Lipinski definition) is 5. The van der Waals surface area contributed by atoms with Crippen LogP contribution in [0.15, 0.2) is 39.7 Å². The van der Waals surface area contributed by atoms with Crippen LogP contribution in [0.1, 0.15) is 58.6 Å². The van der Waals surface area contributed by atoms with E-state index in [-0.39, 0.29) is 23.2 Å². The molecule has 33 heavy (non-hydrogen) atoms. The van der Waals surface area contributed by atoms with Crippen molar-refractivity contribution in [2.24, 2.45) is 10.9 Å². The maximum absolute atomic E-state index is 13.1. The number of amides is 1. The summed E-state index contributed by atoms with van der Waals surface area (Å²) >= 11 is 0. The van der Waals surface area contributed by atoms with E-state index in [1.165, 1.54) is 0 Å². The Kier molecular flexibility index (Phi) is 10.9. The highest BCUT2D eigenvalue weighted by molar-refractivity contribution is 7.85. The third kappa shape index (κ3) is 7.59. The van der Waals surface area contributed by atoms with E-state index in [1.807, 2.05) is 38.2 Å². The van der Waals surface area contributed by atoms with Crippen molar-refractivity contribution >= 4 is 22.9 Å². The van der Waals surface area contributed by atoms with Gasteiger partial charge in [-0.05, 0) is 70.9 Å². The van der Waals surface area contributed by atoms with Crippen LogP contribution in [0, 0.1) is 12.8 Å². The van der Waals surface area contributed by atoms with Gasteiger partial charge in [0.25, 0.3) is 5.91 Å². The van der Waals surface area contributed by atoms with Gasteiger partial charge >= 0.3 is 0 Å². The van der Waals surface area contributed by atoms with Gasteiger partial charge in [-0.2, -0.15) is 0 Å². The minimum Gasteiger partial charge on any atom is -0.348 e. The van der Waals surface area contributed by atoms with Crippen molar-refractivity contribution in [1.82, 2.24) is 15.5 Å². The first-order chi connectivity index (χ1) is 15.7. The molecule has 1 aromatic carbocycles. The first-order valence-electron chi connectivity index (χ1n) is 12.2. The fourth-order valence-corrected chi connectivity index (χ4v) is 5.52. The van der Waals surface area contributed by atoms with Crippen LogP contribution >= 0.6 is 0 Å². The zero-order valence-corrected chi connectivity index (χ0v) is 22.2. The Morgan fingerprint density at radius 2 is 1.97 bits per heavy atom. The van der Waals surface area contributed by atoms with Gasteiger partial charge < -0.3 is 10.2 Å². The summed E-state index contributed by atoms with van der Waals surface area (Å²) in [7, 11) is 0.832. The molecule has 0 aromatic heterocycles. The summed E-state index contributed by atoms with van der Waals surface area (Å²) in [6.45, 7) is 15.1. The van der Waals surface area contributed by atoms with Crippen LogP contribution in [0.5, 0.6) is 0 Å². The monoisotopic (exact) mass is 474 g/mol. The van der Waals surface area contributed by atoms with Crippen molar-refractivity contribution in [3.8, 4) is 0 Å². The Balaban J connectivity index is 1.96. The first-order valence-corrected chi connectivity index (χ1v) is 13.4. The van der Waals surface area contributed by atoms with Gasteiger partial charge in [0.1, 0.15) is 6.17 Å². The largest absolute Gasteiger partial charge is 0.348 e. The molecular formula is C26H42N4O2S. The molecule has 1 aliphatic rings. The Morgan fingerprint density at radius 1 is 1.24 bits per heavy atom. The van der Waals surface area contributed by atoms with Gasteiger partial charge in [-0.25, -0.2) is 0 Å². The van der Waals surface area contributed by atoms with Gasteiger partial charge in [0.2, 0.25) is 0 Å². The number of carbonyl (C=O) groups excluding carboxylic acids is 1. The fraction of sp³-hybridized carbons (Fsp3) is 0.615. The van der Waals surface area contributed by atoms with Crippen LogP contribution in [-0.2, 0) is 22.1 Å². The molecule has 0 spiro atoms. The summed E-state index contributed by atoms with van der Waals surface area (Å²) in [6.07, 6.45) is 5.51. The maximum Gasteiger partial charge on any atom is 0.252 e. The van der Waals surface area contributed by atoms with E-state index in [0.717, 1.165) is 42.0 Å². The highest BCUT2D eigenvalue weighted by atomic mass is 32.2. The lowest BCUT2D eigenvalue weighted by molar-refractivity contribution is -0.117. The zero-order valence-electron chi connectivity index (χ0n) is 21.4. The summed E-state index contributed by atoms with van der Waals surface area (Å²) in [5.74, 6) is 0.0977. The van der Waals surface area contributed by atoms with Crippen molar-refractivity contribution in [2.75, 3.05) is 20.1 Å². The number of aryl methyl sites for hydroxylation is 1. The van der Waals surface area contributed by atoms with E-state index in [2.05, 4.69) is 55.1 Å². The summed E-state index contributed by atoms with van der Waals surface area (Å²) in [4.78, 5) is 20.4. The highest BCUT2D eigenvalue weighted by Gasteiger charge is 2.22. The minimum atomic E-state index is -1.05. The van der Waals surface area contributed by atoms with Crippen molar-refractivity contribution < 1.29 is 9.00 Å². The number of rotatable bonds is 12. The lowest BCUT2D eigenvalue weighted by Gasteiger charge is -2.26. The molecule has 4 atom stereocenters. The Labute approximate surface area is 202 Å². The quantitative estimate of drug-likeness (QED) is 0.483. The van der Waals surface area contributed by atoms with E-state index in [0.29, 0.717) is 18.2 Å². The number of carbonyl (C=O) groups is 1. The van der Waals surface area contributed by atoms with Crippen LogP contribution in [0.4, 0.5) is 0 Å². The number of nitrogens with zero attached hydrogens (tertiary/aromatic N) is 2. The van der Waals surface area contributed by atoms with Gasteiger partial charge in [-0.3, -0.25) is 19.3 Å². The minimum absolute atomic E-state index is 0.0282. The van der Waals surface area contributed by atoms with Crippen molar-refractivity contribution in [3.63, 3.8) is 0 Å². The summed E-state index contributed by atoms with van der Waals surface area (Å²) in [5, 5.41) is 6.25. The number of benzene rings is 1. The molecule has 1 aliphatic heterocycles. The lowest BCUT2D eigenvalue weighted by atomic mass is 9.97. The summed E-state index contributed by atoms with van der Waals surface area (Å²) in [6, 6.07) is 6.45. The summed E-state index contributed by atoms with van der Waals surface area (Å²) < 4.78 is 13.1. The van der Waals surface area contributed by atoms with E-state index in [9.17, 15) is 9.00 Å². The van der Waals surface area contributed by atoms with Gasteiger partial charge in [0.15, 0.2) is 0 Å². The van der Waals surface area contributed by atoms with E-state index < -0.39 is 10.8 Å². The molecule has 184 valence electrons. The number of dihydropyridines is 1. The Morgan fingerprint density at radius 3 is 2.55 bits per heavy atom. The molecule has 0 saturated carbocycles. The van der Waals surface area contributed by atoms with Crippen LogP contribution < -0.4 is 10.6 Å². The summed E-state index contributed by atoms with van der Waals surface area (Å²) in [5.41, 5.74) is 2.61. The third-order valence-corrected chi connectivity index (χ3v) is 8.29. The highest BCUT2D eigenvalue weighted by Crippen LogP contribution is 2.21. The average molecular weight is 475 g/mol. The second-order valence-electron chi connectivity index (χ2n) is 9.11. The molecule has 1 amide bonds. The van der Waals surface area contributed by atoms with Crippen LogP contribution in [0.2, 0.25) is 0 Å². The molecule has 0 bridgehead atoms. The first kappa shape index (κ1) is 27.4. The molecular weight excluding hydrogens is 432 g/mol. The molecule has 0 aliphatic carbocycles. The van der Waals surface area contributed by atoms with Crippen LogP contribution in [0.3, 0.4) is 0 Å². The van der Waals surface area contributed by atoms with Gasteiger partial charge in [0, 0.05) is 34.9 Å². The molecule has 7 heteroatoms. The van der Waals surface area contributed by atoms with Gasteiger partial charge in [-0.15, -0.1) is 0 Å². The van der Waals surface area contributed by atoms with Crippen LogP contribution in [0.25, 0.3) is 0 Å². The lowest BCUT2D eigenvalue weighted by Crippen LogP contribution is -2.35. The Hall–Kier alpha value is -1.83. The van der Waals surface area contributed by atoms with Crippen molar-refractivity contribution in [2.45, 2.75) is 83.3 Å². The topological polar surface area (TPSA) is 73.8 Å². The number of hydrogen-bond donors (Lipinski definition) is 2. The third-order valence-electron chi connectivity index (χ3n) is 6.44. The fourth-order valence-electron chi connectivity index (χ4n) is 4.18. The van der Waals surface area contributed by atoms with E-state index in [4.69, 9.17) is 0 Å². The molecule has 1 aromatic rings. The molecule has 0 radical (unpaired) electrons. The molecule has 6 nitrogen and oxygen atoms in total. The smallest absolute Gasteiger partial charge is 0.252 e. The second kappa shape index (κ2) is 13.2. The van der Waals surface area contributed by atoms with Crippen molar-refractivity contribution in [1.29, 1.82) is 0 Å². The maximum atomic E-state index is 13.1. The predicted molar refractivity (Wildman–Crippen MR) is 139 cm³/mol. The van der Waals surface area contributed by atoms with Crippen LogP contribution in [-0.4, -0.2) is 58.8 Å². The molecule has 1 heterocycles. The Bertz CT molecular complexity index is 881. The standard InChI is InChI=1S/C26H42N4O2S/c1-8-22-15-23(17-28-25(22)27-7)26(31)29-16-21-10-11-24(19(5)14-21)33(32)20(6)12-13-30(9-2)18(3)4/h10-11,14-15,17-18,20,22,25,27H,8-9,12-13,16H2,1-7H3,(H,29,31). The second-order valence-corrected chi connectivity index (χ2v) is 10.9. The normalized spacial score (nSPS) is 20.1. The van der Waals surface area contributed by atoms with Gasteiger partial charge in [0.05, 0.1) is 16.4 Å². The van der Waals surface area contributed by atoms with E-state index in [1.54, 1.807) is 6.21 Å². The zero-order chi connectivity index (χ0) is 24.5. The average Bonchev–Trinajstić information content (AvgIpc) is 2.81. The number of aliphatic imine (C=N–C) groups is 1. The molecule has 2 N–H and O–H groups in total. The molecule has 0 saturated heterocycles. The van der Waals surface area contributed by atoms with Crippen molar-refractivity contribution in [3.05, 3.63) is 41.0 Å².